The van der Waals surface area contributed by atoms with Crippen LogP contribution in [-0.2, 0) is 4.79 Å². The Labute approximate surface area is 78.7 Å². The largest absolute Gasteiger partial charge is 0.382 e. The van der Waals surface area contributed by atoms with Crippen molar-refractivity contribution in [1.29, 1.82) is 0 Å². The first-order valence-electron chi connectivity index (χ1n) is 4.70. The summed E-state index contributed by atoms with van der Waals surface area (Å²) in [6.45, 7) is 6.71. The van der Waals surface area contributed by atoms with Gasteiger partial charge in [0.05, 0.1) is 0 Å². The summed E-state index contributed by atoms with van der Waals surface area (Å²) in [5, 5.41) is 9.17. The van der Waals surface area contributed by atoms with Crippen molar-refractivity contribution in [3.63, 3.8) is 0 Å². The lowest BCUT2D eigenvalue weighted by Crippen LogP contribution is -2.53. The number of amides is 1. The smallest absolute Gasteiger partial charge is 0.247 e. The van der Waals surface area contributed by atoms with E-state index in [4.69, 9.17) is 5.73 Å². The quantitative estimate of drug-likeness (QED) is 0.617. The van der Waals surface area contributed by atoms with Crippen LogP contribution in [0.25, 0.3) is 0 Å². The molecule has 1 saturated heterocycles. The van der Waals surface area contributed by atoms with Crippen molar-refractivity contribution in [3.8, 4) is 0 Å². The minimum absolute atomic E-state index is 0.387. The van der Waals surface area contributed by atoms with Crippen LogP contribution in [0.4, 0.5) is 0 Å². The average Bonchev–Trinajstić information content (AvgIpc) is 1.94. The van der Waals surface area contributed by atoms with Gasteiger partial charge in [-0.15, -0.1) is 0 Å². The van der Waals surface area contributed by atoms with Gasteiger partial charge in [-0.25, -0.2) is 0 Å². The Hall–Kier alpha value is -0.610. The summed E-state index contributed by atoms with van der Waals surface area (Å²) in [6.07, 6.45) is -1.01. The molecule has 1 rings (SSSR count). The molecule has 76 valence electrons. The van der Waals surface area contributed by atoms with Crippen molar-refractivity contribution < 1.29 is 9.90 Å². The molecule has 0 spiro atoms. The zero-order valence-electron chi connectivity index (χ0n) is 8.23. The second-order valence-corrected chi connectivity index (χ2v) is 4.14. The van der Waals surface area contributed by atoms with Gasteiger partial charge in [0.1, 0.15) is 6.10 Å². The molecule has 3 N–H and O–H groups in total. The van der Waals surface area contributed by atoms with E-state index < -0.39 is 12.0 Å². The molecule has 4 nitrogen and oxygen atoms in total. The number of hydrogen-bond acceptors (Lipinski definition) is 3. The van der Waals surface area contributed by atoms with Gasteiger partial charge in [0.15, 0.2) is 0 Å². The van der Waals surface area contributed by atoms with E-state index in [2.05, 4.69) is 18.7 Å². The zero-order chi connectivity index (χ0) is 10.0. The molecule has 0 aromatic carbocycles. The van der Waals surface area contributed by atoms with Crippen molar-refractivity contribution in [3.05, 3.63) is 0 Å². The molecule has 0 saturated carbocycles. The number of rotatable bonds is 4. The number of likely N-dealkylation sites (tertiary alicyclic amines) is 1. The molecule has 1 unspecified atom stereocenters. The highest BCUT2D eigenvalue weighted by Gasteiger charge is 2.30. The molecular formula is C9H18N2O2. The lowest BCUT2D eigenvalue weighted by atomic mass is 9.88. The van der Waals surface area contributed by atoms with Crippen LogP contribution in [0.15, 0.2) is 0 Å². The van der Waals surface area contributed by atoms with Crippen molar-refractivity contribution in [2.45, 2.75) is 20.0 Å². The fourth-order valence-electron chi connectivity index (χ4n) is 1.52. The molecule has 1 fully saturated rings. The summed E-state index contributed by atoms with van der Waals surface area (Å²) in [7, 11) is 0. The number of aliphatic hydroxyl groups excluding tert-OH is 1. The maximum atomic E-state index is 10.5. The molecule has 1 aliphatic rings. The highest BCUT2D eigenvalue weighted by Crippen LogP contribution is 2.22. The van der Waals surface area contributed by atoms with Crippen LogP contribution < -0.4 is 5.73 Å². The average molecular weight is 186 g/mol. The monoisotopic (exact) mass is 186 g/mol. The molecule has 0 bridgehead atoms. The van der Waals surface area contributed by atoms with Gasteiger partial charge >= 0.3 is 0 Å². The SMILES string of the molecule is CC(C)C1CN(CC(O)C(N)=O)C1. The van der Waals surface area contributed by atoms with Crippen molar-refractivity contribution in [2.24, 2.45) is 17.6 Å². The first-order chi connectivity index (χ1) is 6.00. The van der Waals surface area contributed by atoms with Crippen LogP contribution in [0.3, 0.4) is 0 Å². The van der Waals surface area contributed by atoms with Crippen molar-refractivity contribution in [2.75, 3.05) is 19.6 Å². The molecule has 4 heteroatoms. The van der Waals surface area contributed by atoms with Crippen LogP contribution in [0.1, 0.15) is 13.8 Å². The number of hydrogen-bond donors (Lipinski definition) is 2. The van der Waals surface area contributed by atoms with Crippen LogP contribution in [0, 0.1) is 11.8 Å². The van der Waals surface area contributed by atoms with Gasteiger partial charge in [-0.05, 0) is 11.8 Å². The third kappa shape index (κ3) is 2.67. The standard InChI is InChI=1S/C9H18N2O2/c1-6(2)7-3-11(4-7)5-8(12)9(10)13/h6-8,12H,3-5H2,1-2H3,(H2,10,13). The van der Waals surface area contributed by atoms with E-state index in [1.807, 2.05) is 0 Å². The molecule has 0 aromatic heterocycles. The minimum atomic E-state index is -1.01. The number of nitrogens with zero attached hydrogens (tertiary/aromatic N) is 1. The van der Waals surface area contributed by atoms with Gasteiger partial charge in [0, 0.05) is 19.6 Å². The molecule has 1 atom stereocenters. The van der Waals surface area contributed by atoms with E-state index in [1.54, 1.807) is 0 Å². The normalized spacial score (nSPS) is 21.5. The maximum Gasteiger partial charge on any atom is 0.247 e. The molecule has 13 heavy (non-hydrogen) atoms. The zero-order valence-corrected chi connectivity index (χ0v) is 8.23. The summed E-state index contributed by atoms with van der Waals surface area (Å²) in [5.41, 5.74) is 4.94. The number of nitrogens with two attached hydrogens (primary N) is 1. The lowest BCUT2D eigenvalue weighted by molar-refractivity contribution is -0.128. The van der Waals surface area contributed by atoms with E-state index >= 15 is 0 Å². The van der Waals surface area contributed by atoms with Gasteiger partial charge in [-0.2, -0.15) is 0 Å². The highest BCUT2D eigenvalue weighted by atomic mass is 16.3. The van der Waals surface area contributed by atoms with E-state index in [1.165, 1.54) is 0 Å². The lowest BCUT2D eigenvalue weighted by Gasteiger charge is -2.42. The number of aliphatic hydroxyl groups is 1. The molecule has 1 aliphatic heterocycles. The summed E-state index contributed by atoms with van der Waals surface area (Å²) < 4.78 is 0. The summed E-state index contributed by atoms with van der Waals surface area (Å²) in [5.74, 6) is 0.759. The van der Waals surface area contributed by atoms with E-state index in [-0.39, 0.29) is 0 Å². The Morgan fingerprint density at radius 2 is 2.15 bits per heavy atom. The van der Waals surface area contributed by atoms with Crippen molar-refractivity contribution in [1.82, 2.24) is 4.90 Å². The van der Waals surface area contributed by atoms with E-state index in [0.29, 0.717) is 18.4 Å². The molecule has 1 amide bonds. The van der Waals surface area contributed by atoms with Crippen LogP contribution in [0.5, 0.6) is 0 Å². The predicted molar refractivity (Wildman–Crippen MR) is 50.0 cm³/mol. The molecule has 0 radical (unpaired) electrons. The fraction of sp³-hybridized carbons (Fsp3) is 0.889. The van der Waals surface area contributed by atoms with Crippen molar-refractivity contribution >= 4 is 5.91 Å². The maximum absolute atomic E-state index is 10.5. The van der Waals surface area contributed by atoms with E-state index in [9.17, 15) is 9.90 Å². The Kier molecular flexibility index (Phi) is 3.27. The Morgan fingerprint density at radius 1 is 1.62 bits per heavy atom. The fourth-order valence-corrected chi connectivity index (χ4v) is 1.52. The number of primary amides is 1. The summed E-state index contributed by atoms with van der Waals surface area (Å²) in [4.78, 5) is 12.6. The summed E-state index contributed by atoms with van der Waals surface area (Å²) >= 11 is 0. The first-order valence-corrected chi connectivity index (χ1v) is 4.70. The molecule has 1 heterocycles. The predicted octanol–water partition coefficient (Wildman–Crippen LogP) is -0.580. The highest BCUT2D eigenvalue weighted by molar-refractivity contribution is 5.78. The van der Waals surface area contributed by atoms with Gasteiger partial charge in [-0.3, -0.25) is 9.69 Å². The summed E-state index contributed by atoms with van der Waals surface area (Å²) in [6, 6.07) is 0. The number of β-amino-alcohol motifs (C(OH)–C–C–N with tert-alkyl or cyclic N) is 1. The number of carbonyl (C=O) groups excluding carboxylic acids is 1. The van der Waals surface area contributed by atoms with Crippen LogP contribution in [-0.4, -0.2) is 41.7 Å². The first kappa shape index (κ1) is 10.5. The number of carbonyl (C=O) groups is 1. The Morgan fingerprint density at radius 3 is 2.54 bits per heavy atom. The van der Waals surface area contributed by atoms with E-state index in [0.717, 1.165) is 13.1 Å². The topological polar surface area (TPSA) is 66.6 Å². The Balaban J connectivity index is 2.18. The van der Waals surface area contributed by atoms with Gasteiger partial charge in [-0.1, -0.05) is 13.8 Å². The van der Waals surface area contributed by atoms with Crippen LogP contribution >= 0.6 is 0 Å². The van der Waals surface area contributed by atoms with Crippen LogP contribution in [0.2, 0.25) is 0 Å². The van der Waals surface area contributed by atoms with Gasteiger partial charge < -0.3 is 10.8 Å². The molecule has 0 aliphatic carbocycles. The third-order valence-electron chi connectivity index (χ3n) is 2.69. The third-order valence-corrected chi connectivity index (χ3v) is 2.69. The Bertz CT molecular complexity index is 188. The molecule has 0 aromatic rings. The molecular weight excluding hydrogens is 168 g/mol. The second kappa shape index (κ2) is 4.07. The second-order valence-electron chi connectivity index (χ2n) is 4.14. The minimum Gasteiger partial charge on any atom is -0.382 e. The van der Waals surface area contributed by atoms with Gasteiger partial charge in [0.2, 0.25) is 5.91 Å². The van der Waals surface area contributed by atoms with Gasteiger partial charge in [0.25, 0.3) is 0 Å².